The van der Waals surface area contributed by atoms with Crippen molar-refractivity contribution < 1.29 is 23.8 Å². The zero-order chi connectivity index (χ0) is 23.4. The second kappa shape index (κ2) is 9.64. The van der Waals surface area contributed by atoms with Crippen molar-refractivity contribution in [3.8, 4) is 5.75 Å². The largest absolute Gasteiger partial charge is 0.493 e. The lowest BCUT2D eigenvalue weighted by atomic mass is 9.95. The molecule has 9 nitrogen and oxygen atoms in total. The first-order chi connectivity index (χ1) is 16.0. The van der Waals surface area contributed by atoms with Crippen LogP contribution in [0.3, 0.4) is 0 Å². The second-order valence-electron chi connectivity index (χ2n) is 7.74. The lowest BCUT2D eigenvalue weighted by Gasteiger charge is -2.12. The predicted molar refractivity (Wildman–Crippen MR) is 120 cm³/mol. The summed E-state index contributed by atoms with van der Waals surface area (Å²) in [5.41, 5.74) is 0.939. The molecule has 0 fully saturated rings. The molecule has 0 bridgehead atoms. The molecule has 33 heavy (non-hydrogen) atoms. The highest BCUT2D eigenvalue weighted by Crippen LogP contribution is 2.28. The molecule has 4 aromatic rings. The summed E-state index contributed by atoms with van der Waals surface area (Å²) in [7, 11) is 0. The third kappa shape index (κ3) is 4.77. The molecule has 2 aromatic heterocycles. The first kappa shape index (κ1) is 22.2. The molecule has 0 spiro atoms. The van der Waals surface area contributed by atoms with Crippen molar-refractivity contribution in [3.05, 3.63) is 64.6 Å². The van der Waals surface area contributed by atoms with Gasteiger partial charge in [-0.15, -0.1) is 5.10 Å². The summed E-state index contributed by atoms with van der Waals surface area (Å²) < 4.78 is 12.2. The number of hydrogen-bond donors (Lipinski definition) is 1. The van der Waals surface area contributed by atoms with Gasteiger partial charge in [0.1, 0.15) is 23.1 Å². The van der Waals surface area contributed by atoms with Crippen LogP contribution in [0.1, 0.15) is 36.5 Å². The Balaban J connectivity index is 1.48. The Morgan fingerprint density at radius 2 is 2.00 bits per heavy atom. The van der Waals surface area contributed by atoms with Gasteiger partial charge in [0.25, 0.3) is 5.56 Å². The summed E-state index contributed by atoms with van der Waals surface area (Å²) in [4.78, 5) is 37.3. The van der Waals surface area contributed by atoms with E-state index in [0.717, 1.165) is 11.1 Å². The number of Topliss-reactive ketones (excluding diaryl/α,β-unsaturated/α-hetero) is 1. The molecule has 0 radical (unpaired) electrons. The van der Waals surface area contributed by atoms with Gasteiger partial charge in [-0.25, -0.2) is 4.68 Å². The van der Waals surface area contributed by atoms with Crippen molar-refractivity contribution >= 4 is 33.6 Å². The normalized spacial score (nSPS) is 12.2. The molecule has 0 saturated heterocycles. The number of ketones is 1. The minimum atomic E-state index is -1.12. The molecule has 0 aliphatic rings. The zero-order valence-corrected chi connectivity index (χ0v) is 18.1. The molecular formula is C24H23N3O6. The summed E-state index contributed by atoms with van der Waals surface area (Å²) in [5.74, 6) is -1.81. The SMILES string of the molecule is CCCOc1ccc2c(C(=O)CC(CCn3nnc4ccccc4c3=O)C(=O)O)coc2c1. The maximum atomic E-state index is 12.9. The number of carboxylic acids is 1. The van der Waals surface area contributed by atoms with Gasteiger partial charge in [-0.3, -0.25) is 14.4 Å². The fourth-order valence-electron chi connectivity index (χ4n) is 3.63. The van der Waals surface area contributed by atoms with Gasteiger partial charge in [0.15, 0.2) is 5.78 Å². The number of aromatic nitrogens is 3. The van der Waals surface area contributed by atoms with Crippen LogP contribution in [0, 0.1) is 5.92 Å². The van der Waals surface area contributed by atoms with Gasteiger partial charge in [0.2, 0.25) is 0 Å². The Labute approximate surface area is 188 Å². The van der Waals surface area contributed by atoms with Crippen molar-refractivity contribution in [2.75, 3.05) is 6.61 Å². The summed E-state index contributed by atoms with van der Waals surface area (Å²) in [6.45, 7) is 2.61. The molecule has 2 heterocycles. The number of aryl methyl sites for hydroxylation is 1. The molecule has 1 N–H and O–H groups in total. The summed E-state index contributed by atoms with van der Waals surface area (Å²) in [6, 6.07) is 12.0. The van der Waals surface area contributed by atoms with Gasteiger partial charge >= 0.3 is 5.97 Å². The lowest BCUT2D eigenvalue weighted by molar-refractivity contribution is -0.142. The number of benzene rings is 2. The standard InChI is InChI=1S/C24H23N3O6/c1-2-11-32-16-7-8-17-19(14-33-22(17)13-16)21(28)12-15(24(30)31)9-10-27-23(29)18-5-3-4-6-20(18)25-26-27/h3-8,13-15H,2,9-12H2,1H3,(H,30,31). The van der Waals surface area contributed by atoms with E-state index in [1.165, 1.54) is 6.26 Å². The van der Waals surface area contributed by atoms with E-state index in [-0.39, 0.29) is 30.7 Å². The maximum absolute atomic E-state index is 12.9. The van der Waals surface area contributed by atoms with E-state index in [1.54, 1.807) is 42.5 Å². The van der Waals surface area contributed by atoms with E-state index < -0.39 is 11.9 Å². The number of fused-ring (bicyclic) bond motifs is 2. The monoisotopic (exact) mass is 449 g/mol. The average molecular weight is 449 g/mol. The predicted octanol–water partition coefficient (Wildman–Crippen LogP) is 3.69. The fourth-order valence-corrected chi connectivity index (χ4v) is 3.63. The molecule has 4 rings (SSSR count). The van der Waals surface area contributed by atoms with E-state index in [4.69, 9.17) is 9.15 Å². The van der Waals surface area contributed by atoms with Gasteiger partial charge in [-0.1, -0.05) is 24.3 Å². The number of rotatable bonds is 10. The van der Waals surface area contributed by atoms with E-state index in [0.29, 0.717) is 39.8 Å². The number of hydrogen-bond acceptors (Lipinski definition) is 7. The molecule has 0 aliphatic carbocycles. The van der Waals surface area contributed by atoms with Crippen LogP contribution in [0.4, 0.5) is 0 Å². The van der Waals surface area contributed by atoms with Gasteiger partial charge in [0.05, 0.1) is 23.5 Å². The molecule has 1 atom stereocenters. The second-order valence-corrected chi connectivity index (χ2v) is 7.74. The van der Waals surface area contributed by atoms with E-state index in [2.05, 4.69) is 10.3 Å². The highest BCUT2D eigenvalue weighted by atomic mass is 16.5. The summed E-state index contributed by atoms with van der Waals surface area (Å²) >= 11 is 0. The van der Waals surface area contributed by atoms with Gasteiger partial charge in [0, 0.05) is 24.4 Å². The number of carboxylic acid groups (broad SMARTS) is 1. The highest BCUT2D eigenvalue weighted by molar-refractivity contribution is 6.08. The van der Waals surface area contributed by atoms with Gasteiger partial charge in [-0.05, 0) is 37.1 Å². The Kier molecular flexibility index (Phi) is 6.48. The Bertz CT molecular complexity index is 1370. The highest BCUT2D eigenvalue weighted by Gasteiger charge is 2.24. The summed E-state index contributed by atoms with van der Waals surface area (Å²) in [5, 5.41) is 18.6. The first-order valence-electron chi connectivity index (χ1n) is 10.7. The first-order valence-corrected chi connectivity index (χ1v) is 10.7. The van der Waals surface area contributed by atoms with Crippen molar-refractivity contribution in [1.29, 1.82) is 0 Å². The van der Waals surface area contributed by atoms with E-state index in [9.17, 15) is 19.5 Å². The molecule has 0 amide bonds. The minimum Gasteiger partial charge on any atom is -0.493 e. The Morgan fingerprint density at radius 3 is 2.79 bits per heavy atom. The van der Waals surface area contributed by atoms with Crippen molar-refractivity contribution in [1.82, 2.24) is 15.0 Å². The van der Waals surface area contributed by atoms with Crippen LogP contribution >= 0.6 is 0 Å². The zero-order valence-electron chi connectivity index (χ0n) is 18.1. The van der Waals surface area contributed by atoms with Crippen molar-refractivity contribution in [2.45, 2.75) is 32.7 Å². The lowest BCUT2D eigenvalue weighted by Crippen LogP contribution is -2.27. The van der Waals surface area contributed by atoms with Crippen molar-refractivity contribution in [3.63, 3.8) is 0 Å². The van der Waals surface area contributed by atoms with Crippen LogP contribution in [0.25, 0.3) is 21.9 Å². The molecule has 9 heteroatoms. The fraction of sp³-hybridized carbons (Fsp3) is 0.292. The van der Waals surface area contributed by atoms with Crippen LogP contribution in [0.5, 0.6) is 5.75 Å². The number of furan rings is 1. The molecular weight excluding hydrogens is 426 g/mol. The third-order valence-corrected chi connectivity index (χ3v) is 5.42. The smallest absolute Gasteiger partial charge is 0.307 e. The number of nitrogens with zero attached hydrogens (tertiary/aromatic N) is 3. The number of ether oxygens (including phenoxy) is 1. The third-order valence-electron chi connectivity index (χ3n) is 5.42. The Hall–Kier alpha value is -4.01. The molecule has 0 aliphatic heterocycles. The topological polar surface area (TPSA) is 125 Å². The molecule has 1 unspecified atom stereocenters. The van der Waals surface area contributed by atoms with E-state index in [1.807, 2.05) is 6.92 Å². The molecule has 170 valence electrons. The van der Waals surface area contributed by atoms with Crippen molar-refractivity contribution in [2.24, 2.45) is 5.92 Å². The number of carbonyl (C=O) groups excluding carboxylic acids is 1. The Morgan fingerprint density at radius 1 is 1.18 bits per heavy atom. The van der Waals surface area contributed by atoms with Crippen LogP contribution in [-0.2, 0) is 11.3 Å². The van der Waals surface area contributed by atoms with Crippen LogP contribution < -0.4 is 10.3 Å². The summed E-state index contributed by atoms with van der Waals surface area (Å²) in [6.07, 6.45) is 2.04. The minimum absolute atomic E-state index is 0.0329. The van der Waals surface area contributed by atoms with E-state index >= 15 is 0 Å². The van der Waals surface area contributed by atoms with Gasteiger partial charge < -0.3 is 14.3 Å². The van der Waals surface area contributed by atoms with Gasteiger partial charge in [-0.2, -0.15) is 0 Å². The maximum Gasteiger partial charge on any atom is 0.307 e. The van der Waals surface area contributed by atoms with Crippen LogP contribution in [0.2, 0.25) is 0 Å². The van der Waals surface area contributed by atoms with Crippen LogP contribution in [-0.4, -0.2) is 38.5 Å². The quantitative estimate of drug-likeness (QED) is 0.364. The number of aliphatic carboxylic acids is 1. The molecule has 0 saturated carbocycles. The average Bonchev–Trinajstić information content (AvgIpc) is 3.24. The number of carbonyl (C=O) groups is 2. The van der Waals surface area contributed by atoms with Crippen LogP contribution in [0.15, 0.2) is 57.9 Å². The molecule has 2 aromatic carbocycles.